The van der Waals surface area contributed by atoms with Crippen LogP contribution in [0.5, 0.6) is 5.75 Å². The van der Waals surface area contributed by atoms with E-state index in [1.165, 1.54) is 13.1 Å². The molecule has 0 heterocycles. The molecule has 0 aromatic heterocycles. The highest BCUT2D eigenvalue weighted by Crippen LogP contribution is 2.25. The zero-order valence-corrected chi connectivity index (χ0v) is 19.1. The predicted octanol–water partition coefficient (Wildman–Crippen LogP) is 5.95. The van der Waals surface area contributed by atoms with E-state index >= 15 is 0 Å². The quantitative estimate of drug-likeness (QED) is 0.317. The Kier molecular flexibility index (Phi) is 8.11. The number of carbonyl (C=O) groups excluding carboxylic acids is 2. The highest BCUT2D eigenvalue weighted by Gasteiger charge is 2.08. The fraction of sp³-hybridized carbons (Fsp3) is 0.0870. The molecule has 6 nitrogen and oxygen atoms in total. The third-order valence-corrected chi connectivity index (χ3v) is 5.14. The van der Waals surface area contributed by atoms with Crippen molar-refractivity contribution in [1.82, 2.24) is 5.43 Å². The molecule has 164 valence electrons. The maximum Gasteiger partial charge on any atom is 0.271 e. The van der Waals surface area contributed by atoms with Gasteiger partial charge in [-0.25, -0.2) is 5.43 Å². The molecule has 0 radical (unpaired) electrons. The summed E-state index contributed by atoms with van der Waals surface area (Å²) >= 11 is 18.1. The van der Waals surface area contributed by atoms with Gasteiger partial charge in [-0.3, -0.25) is 9.59 Å². The lowest BCUT2D eigenvalue weighted by Gasteiger charge is -2.10. The van der Waals surface area contributed by atoms with E-state index in [0.717, 1.165) is 5.56 Å². The van der Waals surface area contributed by atoms with Crippen molar-refractivity contribution in [3.63, 3.8) is 0 Å². The molecule has 3 rings (SSSR count). The van der Waals surface area contributed by atoms with E-state index in [0.29, 0.717) is 37.6 Å². The lowest BCUT2D eigenvalue weighted by atomic mass is 10.2. The van der Waals surface area contributed by atoms with E-state index in [-0.39, 0.29) is 12.5 Å². The number of hydrogen-bond acceptors (Lipinski definition) is 4. The topological polar surface area (TPSA) is 79.8 Å². The Hall–Kier alpha value is -3.06. The minimum absolute atomic E-state index is 0.227. The van der Waals surface area contributed by atoms with Gasteiger partial charge in [-0.15, -0.1) is 0 Å². The van der Waals surface area contributed by atoms with Gasteiger partial charge in [0.15, 0.2) is 0 Å². The molecule has 2 amide bonds. The molecule has 0 spiro atoms. The highest BCUT2D eigenvalue weighted by atomic mass is 35.5. The number of hydrazone groups is 1. The van der Waals surface area contributed by atoms with Crippen molar-refractivity contribution in [3.8, 4) is 5.75 Å². The zero-order chi connectivity index (χ0) is 23.1. The molecule has 0 bridgehead atoms. The average Bonchev–Trinajstić information content (AvgIpc) is 2.75. The molecule has 0 unspecified atom stereocenters. The molecule has 9 heteroatoms. The Labute approximate surface area is 200 Å². The van der Waals surface area contributed by atoms with E-state index in [2.05, 4.69) is 15.8 Å². The van der Waals surface area contributed by atoms with Gasteiger partial charge in [0.25, 0.3) is 5.91 Å². The number of amides is 2. The Balaban J connectivity index is 1.68. The van der Waals surface area contributed by atoms with Crippen LogP contribution in [0.2, 0.25) is 15.1 Å². The Bertz CT molecular complexity index is 1180. The van der Waals surface area contributed by atoms with Crippen LogP contribution in [0.3, 0.4) is 0 Å². The van der Waals surface area contributed by atoms with Crippen LogP contribution in [0.4, 0.5) is 5.69 Å². The first-order chi connectivity index (χ1) is 15.3. The summed E-state index contributed by atoms with van der Waals surface area (Å²) < 4.78 is 5.86. The summed E-state index contributed by atoms with van der Waals surface area (Å²) in [4.78, 5) is 23.6. The average molecular weight is 491 g/mol. The maximum absolute atomic E-state index is 12.4. The summed E-state index contributed by atoms with van der Waals surface area (Å²) in [5.41, 5.74) is 4.72. The maximum atomic E-state index is 12.4. The molecule has 0 saturated heterocycles. The number of anilines is 1. The first-order valence-electron chi connectivity index (χ1n) is 9.39. The van der Waals surface area contributed by atoms with Gasteiger partial charge in [0, 0.05) is 28.8 Å². The molecule has 0 saturated carbocycles. The number of halogens is 3. The summed E-state index contributed by atoms with van der Waals surface area (Å²) in [6.07, 6.45) is 1.44. The van der Waals surface area contributed by atoms with Crippen LogP contribution in [0.15, 0.2) is 65.8 Å². The molecule has 0 atom stereocenters. The number of nitrogens with zero attached hydrogens (tertiary/aromatic N) is 1. The standard InChI is InChI=1S/C23H18Cl3N3O3/c1-14(30)28-19-4-2-3-16(11-19)23(31)29-27-12-17-10-18(24)6-8-22(17)32-13-15-5-7-20(25)21(26)9-15/h2-12H,13H2,1H3,(H,28,30)(H,29,31). The minimum atomic E-state index is -0.436. The van der Waals surface area contributed by atoms with Crippen molar-refractivity contribution in [2.75, 3.05) is 5.32 Å². The van der Waals surface area contributed by atoms with Crippen LogP contribution in [-0.2, 0) is 11.4 Å². The molecule has 3 aromatic rings. The molecule has 0 aliphatic rings. The summed E-state index contributed by atoms with van der Waals surface area (Å²) in [6.45, 7) is 1.64. The molecule has 0 aliphatic carbocycles. The lowest BCUT2D eigenvalue weighted by molar-refractivity contribution is -0.114. The Morgan fingerprint density at radius 1 is 1.00 bits per heavy atom. The van der Waals surface area contributed by atoms with Gasteiger partial charge in [-0.1, -0.05) is 46.9 Å². The van der Waals surface area contributed by atoms with Gasteiger partial charge in [-0.05, 0) is 54.1 Å². The van der Waals surface area contributed by atoms with E-state index in [1.807, 2.05) is 6.07 Å². The lowest BCUT2D eigenvalue weighted by Crippen LogP contribution is -2.18. The second kappa shape index (κ2) is 11.0. The van der Waals surface area contributed by atoms with Crippen molar-refractivity contribution in [2.45, 2.75) is 13.5 Å². The van der Waals surface area contributed by atoms with E-state index in [9.17, 15) is 9.59 Å². The van der Waals surface area contributed by atoms with Crippen LogP contribution >= 0.6 is 34.8 Å². The summed E-state index contributed by atoms with van der Waals surface area (Å²) in [5, 5.41) is 8.02. The van der Waals surface area contributed by atoms with Crippen LogP contribution in [0, 0.1) is 0 Å². The smallest absolute Gasteiger partial charge is 0.271 e. The summed E-state index contributed by atoms with van der Waals surface area (Å²) in [5.74, 6) is -0.144. The van der Waals surface area contributed by atoms with Gasteiger partial charge in [-0.2, -0.15) is 5.10 Å². The molecule has 32 heavy (non-hydrogen) atoms. The number of benzene rings is 3. The summed E-state index contributed by atoms with van der Waals surface area (Å²) in [6, 6.07) is 16.8. The van der Waals surface area contributed by atoms with Gasteiger partial charge >= 0.3 is 0 Å². The molecule has 0 aliphatic heterocycles. The number of rotatable bonds is 7. The van der Waals surface area contributed by atoms with Crippen LogP contribution in [-0.4, -0.2) is 18.0 Å². The predicted molar refractivity (Wildman–Crippen MR) is 128 cm³/mol. The van der Waals surface area contributed by atoms with Crippen molar-refractivity contribution >= 4 is 58.5 Å². The van der Waals surface area contributed by atoms with Gasteiger partial charge in [0.05, 0.1) is 16.3 Å². The second-order valence-electron chi connectivity index (χ2n) is 6.68. The van der Waals surface area contributed by atoms with Crippen molar-refractivity contribution in [1.29, 1.82) is 0 Å². The van der Waals surface area contributed by atoms with Crippen LogP contribution < -0.4 is 15.5 Å². The van der Waals surface area contributed by atoms with E-state index in [1.54, 1.807) is 54.6 Å². The highest BCUT2D eigenvalue weighted by molar-refractivity contribution is 6.42. The van der Waals surface area contributed by atoms with E-state index in [4.69, 9.17) is 39.5 Å². The number of carbonyl (C=O) groups is 2. The Morgan fingerprint density at radius 3 is 2.56 bits per heavy atom. The van der Waals surface area contributed by atoms with Gasteiger partial charge in [0.2, 0.25) is 5.91 Å². The summed E-state index contributed by atoms with van der Waals surface area (Å²) in [7, 11) is 0. The third kappa shape index (κ3) is 6.72. The molecular formula is C23H18Cl3N3O3. The fourth-order valence-electron chi connectivity index (χ4n) is 2.71. The minimum Gasteiger partial charge on any atom is -0.488 e. The Morgan fingerprint density at radius 2 is 1.81 bits per heavy atom. The number of nitrogens with one attached hydrogen (secondary N) is 2. The SMILES string of the molecule is CC(=O)Nc1cccc(C(=O)NN=Cc2cc(Cl)ccc2OCc2ccc(Cl)c(Cl)c2)c1. The monoisotopic (exact) mass is 489 g/mol. The van der Waals surface area contributed by atoms with Crippen molar-refractivity contribution in [3.05, 3.63) is 92.4 Å². The molecule has 2 N–H and O–H groups in total. The largest absolute Gasteiger partial charge is 0.488 e. The molecule has 3 aromatic carbocycles. The fourth-order valence-corrected chi connectivity index (χ4v) is 3.21. The second-order valence-corrected chi connectivity index (χ2v) is 7.93. The normalized spacial score (nSPS) is 10.8. The van der Waals surface area contributed by atoms with Crippen molar-refractivity contribution in [2.24, 2.45) is 5.10 Å². The van der Waals surface area contributed by atoms with Crippen LogP contribution in [0.25, 0.3) is 0 Å². The number of ether oxygens (including phenoxy) is 1. The van der Waals surface area contributed by atoms with Crippen LogP contribution in [0.1, 0.15) is 28.4 Å². The first-order valence-corrected chi connectivity index (χ1v) is 10.5. The zero-order valence-electron chi connectivity index (χ0n) is 16.9. The van der Waals surface area contributed by atoms with Gasteiger partial charge < -0.3 is 10.1 Å². The van der Waals surface area contributed by atoms with Crippen molar-refractivity contribution < 1.29 is 14.3 Å². The van der Waals surface area contributed by atoms with Gasteiger partial charge in [0.1, 0.15) is 12.4 Å². The first kappa shape index (κ1) is 23.6. The molecular weight excluding hydrogens is 473 g/mol. The third-order valence-electron chi connectivity index (χ3n) is 4.17. The molecule has 0 fully saturated rings. The number of hydrogen-bond donors (Lipinski definition) is 2. The van der Waals surface area contributed by atoms with E-state index < -0.39 is 5.91 Å².